The van der Waals surface area contributed by atoms with Gasteiger partial charge < -0.3 is 21.2 Å². The lowest BCUT2D eigenvalue weighted by Crippen LogP contribution is -2.41. The van der Waals surface area contributed by atoms with Crippen molar-refractivity contribution in [3.63, 3.8) is 0 Å². The Bertz CT molecular complexity index is 642. The normalized spacial score (nSPS) is 23.7. The van der Waals surface area contributed by atoms with Gasteiger partial charge in [-0.3, -0.25) is 4.79 Å². The summed E-state index contributed by atoms with van der Waals surface area (Å²) in [6.07, 6.45) is 3.19. The highest BCUT2D eigenvalue weighted by Crippen LogP contribution is 2.34. The molecule has 116 valence electrons. The summed E-state index contributed by atoms with van der Waals surface area (Å²) in [7, 11) is 1.56. The minimum absolute atomic E-state index is 0.00228. The van der Waals surface area contributed by atoms with Crippen molar-refractivity contribution >= 4 is 5.91 Å². The molecule has 22 heavy (non-hydrogen) atoms. The fourth-order valence-corrected chi connectivity index (χ4v) is 2.61. The monoisotopic (exact) mass is 304 g/mol. The number of ether oxygens (including phenoxy) is 1. The third kappa shape index (κ3) is 2.78. The topological polar surface area (TPSA) is 150 Å². The number of azide groups is 1. The zero-order valence-corrected chi connectivity index (χ0v) is 12.1. The molecule has 0 spiro atoms. The fourth-order valence-electron chi connectivity index (χ4n) is 2.61. The molecule has 4 N–H and O–H groups in total. The van der Waals surface area contributed by atoms with Gasteiger partial charge in [0.05, 0.1) is 6.54 Å². The lowest BCUT2D eigenvalue weighted by Gasteiger charge is -2.35. The van der Waals surface area contributed by atoms with Crippen molar-refractivity contribution < 1.29 is 9.53 Å². The summed E-state index contributed by atoms with van der Waals surface area (Å²) in [5.74, 6) is 4.08. The zero-order valence-electron chi connectivity index (χ0n) is 12.1. The van der Waals surface area contributed by atoms with E-state index in [1.54, 1.807) is 13.3 Å². The molecule has 2 aliphatic rings. The second-order valence-electron chi connectivity index (χ2n) is 4.63. The first-order valence-corrected chi connectivity index (χ1v) is 6.49. The molecule has 2 heterocycles. The molecule has 10 nitrogen and oxygen atoms in total. The van der Waals surface area contributed by atoms with Crippen LogP contribution in [0.4, 0.5) is 0 Å². The van der Waals surface area contributed by atoms with Gasteiger partial charge in [0.1, 0.15) is 0 Å². The Kier molecular flexibility index (Phi) is 4.77. The Morgan fingerprint density at radius 3 is 3.00 bits per heavy atom. The van der Waals surface area contributed by atoms with Gasteiger partial charge in [0.2, 0.25) is 0 Å². The molecule has 10 heteroatoms. The van der Waals surface area contributed by atoms with Crippen LogP contribution in [0.5, 0.6) is 0 Å². The molecule has 0 aromatic carbocycles. The Hall–Kier alpha value is -2.84. The van der Waals surface area contributed by atoms with Crippen LogP contribution in [0.15, 0.2) is 50.3 Å². The number of dihydropyridines is 2. The van der Waals surface area contributed by atoms with Crippen molar-refractivity contribution in [3.05, 3.63) is 45.3 Å². The van der Waals surface area contributed by atoms with Crippen LogP contribution in [0.2, 0.25) is 0 Å². The van der Waals surface area contributed by atoms with E-state index < -0.39 is 5.91 Å². The highest BCUT2D eigenvalue weighted by Gasteiger charge is 2.35. The fraction of sp³-hybridized carbons (Fsp3) is 0.417. The van der Waals surface area contributed by atoms with E-state index in [2.05, 4.69) is 31.0 Å². The van der Waals surface area contributed by atoms with Crippen molar-refractivity contribution in [2.24, 2.45) is 27.2 Å². The van der Waals surface area contributed by atoms with Crippen molar-refractivity contribution in [1.29, 1.82) is 0 Å². The van der Waals surface area contributed by atoms with Crippen molar-refractivity contribution in [2.45, 2.75) is 13.2 Å². The number of hydrogen-bond acceptors (Lipinski definition) is 6. The van der Waals surface area contributed by atoms with Gasteiger partial charge >= 0.3 is 0 Å². The Morgan fingerprint density at radius 2 is 2.36 bits per heavy atom. The number of amides is 1. The molecular formula is C12H16N8O2. The van der Waals surface area contributed by atoms with Gasteiger partial charge in [0, 0.05) is 46.7 Å². The predicted octanol–water partition coefficient (Wildman–Crippen LogP) is 0.986. The third-order valence-corrected chi connectivity index (χ3v) is 3.51. The molecule has 0 aromatic rings. The molecule has 1 unspecified atom stereocenters. The summed E-state index contributed by atoms with van der Waals surface area (Å²) >= 11 is 0. The van der Waals surface area contributed by atoms with E-state index >= 15 is 0 Å². The van der Waals surface area contributed by atoms with Gasteiger partial charge in [-0.1, -0.05) is 22.4 Å². The number of carbonyl (C=O) groups is 1. The largest absolute Gasteiger partial charge is 0.363 e. The maximum Gasteiger partial charge on any atom is 0.295 e. The van der Waals surface area contributed by atoms with Crippen LogP contribution >= 0.6 is 0 Å². The van der Waals surface area contributed by atoms with Crippen LogP contribution in [0.1, 0.15) is 6.92 Å². The molecule has 0 aromatic heterocycles. The highest BCUT2D eigenvalue weighted by atomic mass is 16.5. The standard InChI is InChI=1S/C12H16N8O2/c1-6-9(11(21)18-20-14)8(5-16-19-13)17-7-3-4-15-12(22-2)10(6)7/h3-4,6,12,15,17H,5H2,1-2H3,(H2,14,18,21)/t6-,12?/m0/s1. The van der Waals surface area contributed by atoms with E-state index in [4.69, 9.17) is 16.1 Å². The number of nitrogens with two attached hydrogens (primary N) is 1. The second-order valence-corrected chi connectivity index (χ2v) is 4.63. The molecule has 1 amide bonds. The Balaban J connectivity index is 2.48. The first-order valence-electron chi connectivity index (χ1n) is 6.49. The number of methoxy groups -OCH3 is 1. The van der Waals surface area contributed by atoms with Crippen LogP contribution < -0.4 is 16.5 Å². The van der Waals surface area contributed by atoms with E-state index in [1.165, 1.54) is 0 Å². The van der Waals surface area contributed by atoms with Gasteiger partial charge in [0.25, 0.3) is 5.91 Å². The Morgan fingerprint density at radius 1 is 1.59 bits per heavy atom. The third-order valence-electron chi connectivity index (χ3n) is 3.51. The van der Waals surface area contributed by atoms with Gasteiger partial charge in [-0.25, -0.2) is 0 Å². The highest BCUT2D eigenvalue weighted by molar-refractivity contribution is 5.96. The minimum atomic E-state index is -0.582. The van der Waals surface area contributed by atoms with Crippen LogP contribution in [-0.2, 0) is 9.53 Å². The van der Waals surface area contributed by atoms with Crippen LogP contribution in [0.3, 0.4) is 0 Å². The number of carbonyl (C=O) groups excluding carboxylic acids is 1. The van der Waals surface area contributed by atoms with Crippen LogP contribution in [0.25, 0.3) is 10.4 Å². The number of rotatable bonds is 4. The molecule has 0 radical (unpaired) electrons. The van der Waals surface area contributed by atoms with E-state index in [9.17, 15) is 4.79 Å². The van der Waals surface area contributed by atoms with Crippen LogP contribution in [-0.4, -0.2) is 25.8 Å². The average Bonchev–Trinajstić information content (AvgIpc) is 2.52. The molecule has 0 aliphatic carbocycles. The first kappa shape index (κ1) is 15.5. The lowest BCUT2D eigenvalue weighted by atomic mass is 9.84. The quantitative estimate of drug-likeness (QED) is 0.232. The molecule has 0 fully saturated rings. The van der Waals surface area contributed by atoms with E-state index in [0.717, 1.165) is 11.3 Å². The van der Waals surface area contributed by atoms with Crippen molar-refractivity contribution in [3.8, 4) is 0 Å². The van der Waals surface area contributed by atoms with E-state index in [1.807, 2.05) is 13.0 Å². The Labute approximate surface area is 126 Å². The van der Waals surface area contributed by atoms with Crippen molar-refractivity contribution in [2.75, 3.05) is 13.7 Å². The van der Waals surface area contributed by atoms with Gasteiger partial charge in [-0.2, -0.15) is 0 Å². The number of nitrogens with one attached hydrogen (secondary N) is 2. The number of allylic oxidation sites excluding steroid dienone is 1. The number of hydrogen-bond donors (Lipinski definition) is 3. The van der Waals surface area contributed by atoms with Gasteiger partial charge in [-0.15, -0.1) is 0 Å². The van der Waals surface area contributed by atoms with E-state index in [-0.39, 0.29) is 18.7 Å². The molecular weight excluding hydrogens is 288 g/mol. The zero-order chi connectivity index (χ0) is 16.1. The summed E-state index contributed by atoms with van der Waals surface area (Å²) in [6, 6.07) is 0. The molecule has 0 bridgehead atoms. The summed E-state index contributed by atoms with van der Waals surface area (Å²) in [6.45, 7) is 1.84. The van der Waals surface area contributed by atoms with E-state index in [0.29, 0.717) is 11.3 Å². The maximum atomic E-state index is 12.2. The molecule has 2 rings (SSSR count). The average molecular weight is 304 g/mol. The summed E-state index contributed by atoms with van der Waals surface area (Å²) in [5, 5.41) is 16.1. The SMILES string of the molecule is COC1NC=CC2=C1[C@@H](C)C(C(=O)N=NN)=C(CN=[N+]=[N-])N2. The van der Waals surface area contributed by atoms with Gasteiger partial charge in [0.15, 0.2) is 6.23 Å². The van der Waals surface area contributed by atoms with Crippen molar-refractivity contribution in [1.82, 2.24) is 10.6 Å². The predicted molar refractivity (Wildman–Crippen MR) is 77.5 cm³/mol. The number of nitrogens with zero attached hydrogens (tertiary/aromatic N) is 5. The molecule has 2 aliphatic heterocycles. The maximum absolute atomic E-state index is 12.2. The molecule has 0 saturated carbocycles. The second kappa shape index (κ2) is 6.74. The molecule has 2 atom stereocenters. The summed E-state index contributed by atoms with van der Waals surface area (Å²) < 4.78 is 5.38. The minimum Gasteiger partial charge on any atom is -0.363 e. The lowest BCUT2D eigenvalue weighted by molar-refractivity contribution is -0.115. The van der Waals surface area contributed by atoms with Gasteiger partial charge in [-0.05, 0) is 11.6 Å². The first-order chi connectivity index (χ1) is 10.6. The summed E-state index contributed by atoms with van der Waals surface area (Å²) in [4.78, 5) is 14.9. The smallest absolute Gasteiger partial charge is 0.295 e. The summed E-state index contributed by atoms with van der Waals surface area (Å²) in [5.41, 5.74) is 11.0. The van der Waals surface area contributed by atoms with Crippen LogP contribution in [0, 0.1) is 5.92 Å². The molecule has 0 saturated heterocycles.